The number of hydrogen-bond donors (Lipinski definition) is 1. The number of aryl methyl sites for hydroxylation is 1. The van der Waals surface area contributed by atoms with Gasteiger partial charge in [0.1, 0.15) is 17.3 Å². The fraction of sp³-hybridized carbons (Fsp3) is 0.316. The normalized spacial score (nSPS) is 10.6. The van der Waals surface area contributed by atoms with E-state index in [0.717, 1.165) is 11.3 Å². The van der Waals surface area contributed by atoms with Crippen LogP contribution < -0.4 is 14.8 Å². The first kappa shape index (κ1) is 17.8. The number of rotatable bonds is 6. The SMILES string of the molecule is CCOc1ccc(C(=O)Nc2cc(F)ccc2OC(C)C)cc1C. The van der Waals surface area contributed by atoms with Crippen molar-refractivity contribution in [3.05, 3.63) is 53.3 Å². The Bertz CT molecular complexity index is 729. The Morgan fingerprint density at radius 2 is 1.88 bits per heavy atom. The van der Waals surface area contributed by atoms with E-state index in [-0.39, 0.29) is 12.0 Å². The van der Waals surface area contributed by atoms with E-state index in [0.29, 0.717) is 23.6 Å². The molecule has 0 saturated heterocycles. The van der Waals surface area contributed by atoms with E-state index in [1.54, 1.807) is 18.2 Å². The average Bonchev–Trinajstić information content (AvgIpc) is 2.51. The second-order valence-electron chi connectivity index (χ2n) is 5.67. The Kier molecular flexibility index (Phi) is 5.79. The molecule has 4 nitrogen and oxygen atoms in total. The van der Waals surface area contributed by atoms with Gasteiger partial charge < -0.3 is 14.8 Å². The molecule has 0 aliphatic heterocycles. The summed E-state index contributed by atoms with van der Waals surface area (Å²) in [4.78, 5) is 12.5. The van der Waals surface area contributed by atoms with E-state index in [1.807, 2.05) is 27.7 Å². The third-order valence-corrected chi connectivity index (χ3v) is 3.29. The van der Waals surface area contributed by atoms with Gasteiger partial charge in [0.05, 0.1) is 18.4 Å². The number of carbonyl (C=O) groups excluding carboxylic acids is 1. The molecule has 0 spiro atoms. The van der Waals surface area contributed by atoms with Gasteiger partial charge in [0.25, 0.3) is 5.91 Å². The van der Waals surface area contributed by atoms with Gasteiger partial charge in [-0.3, -0.25) is 4.79 Å². The fourth-order valence-electron chi connectivity index (χ4n) is 2.26. The zero-order chi connectivity index (χ0) is 17.7. The topological polar surface area (TPSA) is 47.6 Å². The molecule has 2 aromatic rings. The van der Waals surface area contributed by atoms with E-state index in [9.17, 15) is 9.18 Å². The van der Waals surface area contributed by atoms with Gasteiger partial charge in [-0.15, -0.1) is 0 Å². The zero-order valence-corrected chi connectivity index (χ0v) is 14.4. The molecule has 2 aromatic carbocycles. The van der Waals surface area contributed by atoms with Crippen molar-refractivity contribution >= 4 is 11.6 Å². The predicted molar refractivity (Wildman–Crippen MR) is 92.5 cm³/mol. The van der Waals surface area contributed by atoms with E-state index in [2.05, 4.69) is 5.32 Å². The maximum absolute atomic E-state index is 13.5. The number of ether oxygens (including phenoxy) is 2. The Morgan fingerprint density at radius 3 is 2.50 bits per heavy atom. The molecule has 0 atom stereocenters. The molecule has 0 aliphatic rings. The highest BCUT2D eigenvalue weighted by atomic mass is 19.1. The zero-order valence-electron chi connectivity index (χ0n) is 14.4. The van der Waals surface area contributed by atoms with Crippen molar-refractivity contribution in [3.63, 3.8) is 0 Å². The maximum atomic E-state index is 13.5. The standard InChI is InChI=1S/C19H22FNO3/c1-5-23-17-8-6-14(10-13(17)4)19(22)21-16-11-15(20)7-9-18(16)24-12(2)3/h6-12H,5H2,1-4H3,(H,21,22). The number of anilines is 1. The van der Waals surface area contributed by atoms with E-state index in [1.165, 1.54) is 18.2 Å². The minimum Gasteiger partial charge on any atom is -0.494 e. The third-order valence-electron chi connectivity index (χ3n) is 3.29. The van der Waals surface area contributed by atoms with Crippen molar-refractivity contribution in [1.82, 2.24) is 0 Å². The number of amides is 1. The summed E-state index contributed by atoms with van der Waals surface area (Å²) >= 11 is 0. The smallest absolute Gasteiger partial charge is 0.255 e. The highest BCUT2D eigenvalue weighted by Crippen LogP contribution is 2.27. The molecular formula is C19H22FNO3. The summed E-state index contributed by atoms with van der Waals surface area (Å²) in [6, 6.07) is 9.23. The van der Waals surface area contributed by atoms with Crippen molar-refractivity contribution in [2.75, 3.05) is 11.9 Å². The molecule has 2 rings (SSSR count). The number of halogens is 1. The second kappa shape index (κ2) is 7.81. The van der Waals surface area contributed by atoms with Crippen molar-refractivity contribution in [2.24, 2.45) is 0 Å². The molecule has 1 amide bonds. The summed E-state index contributed by atoms with van der Waals surface area (Å²) in [5.41, 5.74) is 1.64. The van der Waals surface area contributed by atoms with E-state index < -0.39 is 5.82 Å². The van der Waals surface area contributed by atoms with Gasteiger partial charge >= 0.3 is 0 Å². The fourth-order valence-corrected chi connectivity index (χ4v) is 2.26. The second-order valence-corrected chi connectivity index (χ2v) is 5.67. The summed E-state index contributed by atoms with van der Waals surface area (Å²) in [6.07, 6.45) is -0.0844. The van der Waals surface area contributed by atoms with Crippen LogP contribution in [0.2, 0.25) is 0 Å². The first-order valence-electron chi connectivity index (χ1n) is 7.91. The van der Waals surface area contributed by atoms with Crippen LogP contribution in [0.5, 0.6) is 11.5 Å². The highest BCUT2D eigenvalue weighted by Gasteiger charge is 2.13. The lowest BCUT2D eigenvalue weighted by Gasteiger charge is -2.15. The molecule has 1 N–H and O–H groups in total. The quantitative estimate of drug-likeness (QED) is 0.843. The Balaban J connectivity index is 2.23. The minimum atomic E-state index is -0.440. The summed E-state index contributed by atoms with van der Waals surface area (Å²) in [5, 5.41) is 2.71. The molecule has 24 heavy (non-hydrogen) atoms. The van der Waals surface area contributed by atoms with Crippen molar-refractivity contribution < 1.29 is 18.7 Å². The molecular weight excluding hydrogens is 309 g/mol. The lowest BCUT2D eigenvalue weighted by atomic mass is 10.1. The van der Waals surface area contributed by atoms with Gasteiger partial charge in [-0.2, -0.15) is 0 Å². The number of hydrogen-bond acceptors (Lipinski definition) is 3. The van der Waals surface area contributed by atoms with Gasteiger partial charge in [-0.25, -0.2) is 4.39 Å². The number of benzene rings is 2. The van der Waals surface area contributed by atoms with E-state index in [4.69, 9.17) is 9.47 Å². The molecule has 128 valence electrons. The highest BCUT2D eigenvalue weighted by molar-refractivity contribution is 6.05. The van der Waals surface area contributed by atoms with Crippen LogP contribution in [-0.4, -0.2) is 18.6 Å². The average molecular weight is 331 g/mol. The molecule has 5 heteroatoms. The monoisotopic (exact) mass is 331 g/mol. The van der Waals surface area contributed by atoms with Gasteiger partial charge in [0.2, 0.25) is 0 Å². The lowest BCUT2D eigenvalue weighted by Crippen LogP contribution is -2.15. The van der Waals surface area contributed by atoms with Crippen molar-refractivity contribution in [2.45, 2.75) is 33.8 Å². The van der Waals surface area contributed by atoms with Crippen molar-refractivity contribution in [3.8, 4) is 11.5 Å². The van der Waals surface area contributed by atoms with Crippen LogP contribution in [0.4, 0.5) is 10.1 Å². The summed E-state index contributed by atoms with van der Waals surface area (Å²) in [5.74, 6) is 0.399. The van der Waals surface area contributed by atoms with Crippen LogP contribution in [-0.2, 0) is 0 Å². The summed E-state index contributed by atoms with van der Waals surface area (Å²) in [6.45, 7) is 8.07. The Labute approximate surface area is 141 Å². The minimum absolute atomic E-state index is 0.0844. The van der Waals surface area contributed by atoms with Gasteiger partial charge in [-0.1, -0.05) is 0 Å². The lowest BCUT2D eigenvalue weighted by molar-refractivity contribution is 0.102. The Hall–Kier alpha value is -2.56. The number of carbonyl (C=O) groups is 1. The molecule has 0 bridgehead atoms. The molecule has 0 aromatic heterocycles. The van der Waals surface area contributed by atoms with Crippen LogP contribution in [0.1, 0.15) is 36.7 Å². The molecule has 0 saturated carbocycles. The van der Waals surface area contributed by atoms with E-state index >= 15 is 0 Å². The van der Waals surface area contributed by atoms with Gasteiger partial charge in [0, 0.05) is 11.6 Å². The van der Waals surface area contributed by atoms with Gasteiger partial charge in [0.15, 0.2) is 0 Å². The molecule has 0 radical (unpaired) electrons. The predicted octanol–water partition coefficient (Wildman–Crippen LogP) is 4.57. The summed E-state index contributed by atoms with van der Waals surface area (Å²) in [7, 11) is 0. The van der Waals surface area contributed by atoms with Crippen LogP contribution in [0.3, 0.4) is 0 Å². The van der Waals surface area contributed by atoms with Crippen LogP contribution >= 0.6 is 0 Å². The molecule has 0 aliphatic carbocycles. The third kappa shape index (κ3) is 4.47. The first-order valence-corrected chi connectivity index (χ1v) is 7.91. The summed E-state index contributed by atoms with van der Waals surface area (Å²) < 4.78 is 24.6. The maximum Gasteiger partial charge on any atom is 0.255 e. The Morgan fingerprint density at radius 1 is 1.17 bits per heavy atom. The van der Waals surface area contributed by atoms with Gasteiger partial charge in [-0.05, 0) is 63.6 Å². The van der Waals surface area contributed by atoms with Crippen molar-refractivity contribution in [1.29, 1.82) is 0 Å². The van der Waals surface area contributed by atoms with Crippen LogP contribution in [0, 0.1) is 12.7 Å². The molecule has 0 fully saturated rings. The first-order chi connectivity index (χ1) is 11.4. The molecule has 0 heterocycles. The van der Waals surface area contributed by atoms with Crippen LogP contribution in [0.25, 0.3) is 0 Å². The number of nitrogens with one attached hydrogen (secondary N) is 1. The molecule has 0 unspecified atom stereocenters. The largest absolute Gasteiger partial charge is 0.494 e. The van der Waals surface area contributed by atoms with Crippen LogP contribution in [0.15, 0.2) is 36.4 Å².